The number of hydrazine groups is 1. The Morgan fingerprint density at radius 3 is 2.53 bits per heavy atom. The molecule has 0 fully saturated rings. The summed E-state index contributed by atoms with van der Waals surface area (Å²) >= 11 is 5.12. The van der Waals surface area contributed by atoms with Crippen molar-refractivity contribution in [3.05, 3.63) is 64.4 Å². The molecule has 0 radical (unpaired) electrons. The zero-order valence-corrected chi connectivity index (χ0v) is 12.5. The third kappa shape index (κ3) is 3.79. The zero-order valence-electron chi connectivity index (χ0n) is 10.1. The first kappa shape index (κ1) is 14.5. The molecular formula is C14H14BrFN2S. The van der Waals surface area contributed by atoms with Crippen molar-refractivity contribution in [3.63, 3.8) is 0 Å². The van der Waals surface area contributed by atoms with Crippen LogP contribution in [-0.2, 0) is 0 Å². The molecule has 0 aliphatic heterocycles. The van der Waals surface area contributed by atoms with Crippen LogP contribution in [0, 0.1) is 5.82 Å². The van der Waals surface area contributed by atoms with Crippen LogP contribution in [0.1, 0.15) is 11.6 Å². The summed E-state index contributed by atoms with van der Waals surface area (Å²) < 4.78 is 14.7. The van der Waals surface area contributed by atoms with Crippen LogP contribution in [0.3, 0.4) is 0 Å². The van der Waals surface area contributed by atoms with Crippen LogP contribution in [0.4, 0.5) is 4.39 Å². The number of thioether (sulfide) groups is 1. The molecule has 0 spiro atoms. The fourth-order valence-electron chi connectivity index (χ4n) is 1.72. The second-order valence-electron chi connectivity index (χ2n) is 3.98. The molecule has 2 aromatic rings. The Hall–Kier alpha value is -0.880. The van der Waals surface area contributed by atoms with Crippen molar-refractivity contribution in [1.82, 2.24) is 5.43 Å². The van der Waals surface area contributed by atoms with Crippen LogP contribution in [0.2, 0.25) is 0 Å². The van der Waals surface area contributed by atoms with Gasteiger partial charge in [0, 0.05) is 20.7 Å². The Bertz CT molecular complexity index is 550. The number of halogens is 2. The van der Waals surface area contributed by atoms with Gasteiger partial charge in [-0.25, -0.2) is 4.39 Å². The molecule has 0 saturated heterocycles. The Morgan fingerprint density at radius 1 is 1.16 bits per heavy atom. The van der Waals surface area contributed by atoms with Crippen molar-refractivity contribution in [1.29, 1.82) is 0 Å². The Labute approximate surface area is 124 Å². The molecule has 0 bridgehead atoms. The predicted molar refractivity (Wildman–Crippen MR) is 81.3 cm³/mol. The molecule has 3 N–H and O–H groups in total. The van der Waals surface area contributed by atoms with Gasteiger partial charge < -0.3 is 0 Å². The van der Waals surface area contributed by atoms with Gasteiger partial charge in [-0.2, -0.15) is 0 Å². The van der Waals surface area contributed by atoms with Crippen LogP contribution >= 0.6 is 27.7 Å². The van der Waals surface area contributed by atoms with Crippen molar-refractivity contribution in [2.75, 3.05) is 5.75 Å². The van der Waals surface area contributed by atoms with E-state index < -0.39 is 0 Å². The van der Waals surface area contributed by atoms with E-state index in [2.05, 4.69) is 21.4 Å². The van der Waals surface area contributed by atoms with E-state index in [9.17, 15) is 4.39 Å². The first-order valence-electron chi connectivity index (χ1n) is 5.80. The minimum Gasteiger partial charge on any atom is -0.271 e. The normalized spacial score (nSPS) is 12.4. The molecule has 0 saturated carbocycles. The van der Waals surface area contributed by atoms with Crippen molar-refractivity contribution in [3.8, 4) is 0 Å². The molecule has 2 aromatic carbocycles. The van der Waals surface area contributed by atoms with Gasteiger partial charge in [-0.05, 0) is 34.1 Å². The van der Waals surface area contributed by atoms with E-state index in [0.29, 0.717) is 11.3 Å². The van der Waals surface area contributed by atoms with Crippen LogP contribution in [0.25, 0.3) is 0 Å². The highest BCUT2D eigenvalue weighted by Gasteiger charge is 2.14. The maximum absolute atomic E-state index is 13.7. The molecule has 2 nitrogen and oxygen atoms in total. The molecule has 19 heavy (non-hydrogen) atoms. The molecular weight excluding hydrogens is 327 g/mol. The molecule has 0 aromatic heterocycles. The van der Waals surface area contributed by atoms with E-state index in [1.54, 1.807) is 23.9 Å². The average molecular weight is 341 g/mol. The molecule has 0 aliphatic carbocycles. The summed E-state index contributed by atoms with van der Waals surface area (Å²) in [7, 11) is 0. The number of hydrogen-bond donors (Lipinski definition) is 2. The predicted octanol–water partition coefficient (Wildman–Crippen LogP) is 3.88. The number of hydrogen-bond acceptors (Lipinski definition) is 3. The number of nitrogens with two attached hydrogens (primary N) is 1. The minimum absolute atomic E-state index is 0.224. The van der Waals surface area contributed by atoms with E-state index in [4.69, 9.17) is 5.84 Å². The second kappa shape index (κ2) is 7.05. The minimum atomic E-state index is -0.238. The molecule has 1 atom stereocenters. The second-order valence-corrected chi connectivity index (χ2v) is 5.90. The summed E-state index contributed by atoms with van der Waals surface area (Å²) in [5.74, 6) is 5.95. The maximum Gasteiger partial charge on any atom is 0.128 e. The third-order valence-corrected chi connectivity index (χ3v) is 4.84. The SMILES string of the molecule is NNC(CSc1ccccc1Br)c1ccccc1F. The first-order chi connectivity index (χ1) is 9.22. The molecule has 0 amide bonds. The smallest absolute Gasteiger partial charge is 0.128 e. The van der Waals surface area contributed by atoms with Gasteiger partial charge in [-0.1, -0.05) is 30.3 Å². The van der Waals surface area contributed by atoms with Crippen LogP contribution < -0.4 is 11.3 Å². The topological polar surface area (TPSA) is 38.0 Å². The van der Waals surface area contributed by atoms with Gasteiger partial charge in [0.25, 0.3) is 0 Å². The highest BCUT2D eigenvalue weighted by molar-refractivity contribution is 9.10. The quantitative estimate of drug-likeness (QED) is 0.492. The van der Waals surface area contributed by atoms with Gasteiger partial charge in [0.2, 0.25) is 0 Å². The molecule has 0 aliphatic rings. The standard InChI is InChI=1S/C14H14BrFN2S/c15-11-6-2-4-8-14(11)19-9-13(18-17)10-5-1-3-7-12(10)16/h1-8,13,18H,9,17H2. The number of benzene rings is 2. The van der Waals surface area contributed by atoms with Gasteiger partial charge in [0.05, 0.1) is 6.04 Å². The Kier molecular flexibility index (Phi) is 5.39. The van der Waals surface area contributed by atoms with Crippen LogP contribution in [0.5, 0.6) is 0 Å². The van der Waals surface area contributed by atoms with E-state index in [0.717, 1.165) is 9.37 Å². The van der Waals surface area contributed by atoms with E-state index in [1.165, 1.54) is 6.07 Å². The largest absolute Gasteiger partial charge is 0.271 e. The maximum atomic E-state index is 13.7. The summed E-state index contributed by atoms with van der Waals surface area (Å²) in [6.07, 6.45) is 0. The van der Waals surface area contributed by atoms with Crippen molar-refractivity contribution in [2.45, 2.75) is 10.9 Å². The van der Waals surface area contributed by atoms with Gasteiger partial charge >= 0.3 is 0 Å². The van der Waals surface area contributed by atoms with Gasteiger partial charge in [0.15, 0.2) is 0 Å². The van der Waals surface area contributed by atoms with Crippen molar-refractivity contribution >= 4 is 27.7 Å². The Balaban J connectivity index is 2.09. The lowest BCUT2D eigenvalue weighted by Gasteiger charge is -2.17. The molecule has 100 valence electrons. The highest BCUT2D eigenvalue weighted by atomic mass is 79.9. The van der Waals surface area contributed by atoms with Gasteiger partial charge in [-0.15, -0.1) is 11.8 Å². The summed E-state index contributed by atoms with van der Waals surface area (Å²) in [4.78, 5) is 1.11. The van der Waals surface area contributed by atoms with E-state index >= 15 is 0 Å². The fraction of sp³-hybridized carbons (Fsp3) is 0.143. The summed E-state index contributed by atoms with van der Waals surface area (Å²) in [5.41, 5.74) is 3.26. The lowest BCUT2D eigenvalue weighted by atomic mass is 10.1. The zero-order chi connectivity index (χ0) is 13.7. The summed E-state index contributed by atoms with van der Waals surface area (Å²) in [6.45, 7) is 0. The number of rotatable bonds is 5. The molecule has 1 unspecified atom stereocenters. The van der Waals surface area contributed by atoms with Crippen LogP contribution in [-0.4, -0.2) is 5.75 Å². The third-order valence-electron chi connectivity index (χ3n) is 2.72. The van der Waals surface area contributed by atoms with Crippen molar-refractivity contribution < 1.29 is 4.39 Å². The highest BCUT2D eigenvalue weighted by Crippen LogP contribution is 2.30. The number of nitrogens with one attached hydrogen (secondary N) is 1. The van der Waals surface area contributed by atoms with Gasteiger partial charge in [-0.3, -0.25) is 11.3 Å². The summed E-state index contributed by atoms with van der Waals surface area (Å²) in [5, 5.41) is 0. The summed E-state index contributed by atoms with van der Waals surface area (Å²) in [6, 6.07) is 14.4. The van der Waals surface area contributed by atoms with Crippen LogP contribution in [0.15, 0.2) is 57.9 Å². The Morgan fingerprint density at radius 2 is 1.84 bits per heavy atom. The van der Waals surface area contributed by atoms with Crippen molar-refractivity contribution in [2.24, 2.45) is 5.84 Å². The lowest BCUT2D eigenvalue weighted by molar-refractivity contribution is 0.546. The van der Waals surface area contributed by atoms with E-state index in [-0.39, 0.29) is 11.9 Å². The molecule has 5 heteroatoms. The molecule has 0 heterocycles. The van der Waals surface area contributed by atoms with E-state index in [1.807, 2.05) is 30.3 Å². The van der Waals surface area contributed by atoms with Gasteiger partial charge in [0.1, 0.15) is 5.82 Å². The lowest BCUT2D eigenvalue weighted by Crippen LogP contribution is -2.30. The molecule has 2 rings (SSSR count). The first-order valence-corrected chi connectivity index (χ1v) is 7.58. The average Bonchev–Trinajstić information content (AvgIpc) is 2.43. The monoisotopic (exact) mass is 340 g/mol. The fourth-order valence-corrected chi connectivity index (χ4v) is 3.35.